The Kier molecular flexibility index (Phi) is 7.32. The van der Waals surface area contributed by atoms with Crippen LogP contribution in [0, 0.1) is 18.6 Å². The number of H-pyrrole nitrogens is 1. The lowest BCUT2D eigenvalue weighted by Gasteiger charge is -2.10. The molecule has 0 radical (unpaired) electrons. The number of halogens is 2. The second-order valence-corrected chi connectivity index (χ2v) is 9.38. The Balaban J connectivity index is 1.34. The molecule has 0 fully saturated rings. The van der Waals surface area contributed by atoms with Crippen molar-refractivity contribution in [1.29, 1.82) is 0 Å². The summed E-state index contributed by atoms with van der Waals surface area (Å²) in [5.74, 6) is 1.33. The molecular weight excluding hydrogens is 448 g/mol. The van der Waals surface area contributed by atoms with Crippen LogP contribution in [-0.2, 0) is 12.2 Å². The van der Waals surface area contributed by atoms with Crippen molar-refractivity contribution >= 4 is 34.6 Å². The molecule has 0 bridgehead atoms. The van der Waals surface area contributed by atoms with Gasteiger partial charge in [0.05, 0.1) is 23.8 Å². The van der Waals surface area contributed by atoms with Crippen LogP contribution in [0.1, 0.15) is 23.2 Å². The lowest BCUT2D eigenvalue weighted by molar-refractivity contribution is 0.415. The number of nitrogens with one attached hydrogen (secondary N) is 1. The Morgan fingerprint density at radius 2 is 1.94 bits per heavy atom. The molecule has 2 aromatic carbocycles. The molecule has 8 heteroatoms. The number of methoxy groups -OCH3 is 1. The van der Waals surface area contributed by atoms with E-state index in [0.717, 1.165) is 51.4 Å². The van der Waals surface area contributed by atoms with E-state index in [0.29, 0.717) is 17.7 Å². The highest BCUT2D eigenvalue weighted by atomic mass is 32.2. The Morgan fingerprint density at radius 3 is 2.75 bits per heavy atom. The Hall–Kier alpha value is -2.58. The van der Waals surface area contributed by atoms with E-state index in [2.05, 4.69) is 21.9 Å². The number of nitrogens with zero attached hydrogens (tertiary/aromatic N) is 2. The van der Waals surface area contributed by atoms with E-state index >= 15 is 0 Å². The first-order valence-corrected chi connectivity index (χ1v) is 12.2. The summed E-state index contributed by atoms with van der Waals surface area (Å²) < 4.78 is 32.1. The van der Waals surface area contributed by atoms with Crippen molar-refractivity contribution in [1.82, 2.24) is 15.0 Å². The predicted octanol–water partition coefficient (Wildman–Crippen LogP) is 6.57. The number of hydrogen-bond donors (Lipinski definition) is 1. The summed E-state index contributed by atoms with van der Waals surface area (Å²) in [5, 5.41) is 0.842. The first kappa shape index (κ1) is 22.6. The third-order valence-electron chi connectivity index (χ3n) is 5.13. The maximum atomic E-state index is 13.8. The summed E-state index contributed by atoms with van der Waals surface area (Å²) in [5.41, 5.74) is 4.57. The van der Waals surface area contributed by atoms with Crippen LogP contribution in [0.2, 0.25) is 0 Å². The molecule has 0 unspecified atom stereocenters. The lowest BCUT2D eigenvalue weighted by Crippen LogP contribution is -1.96. The summed E-state index contributed by atoms with van der Waals surface area (Å²) in [6.45, 7) is 2.08. The first-order valence-electron chi connectivity index (χ1n) is 10.2. The maximum Gasteiger partial charge on any atom is 0.166 e. The number of thioether (sulfide) groups is 2. The normalized spacial score (nSPS) is 11.2. The van der Waals surface area contributed by atoms with Gasteiger partial charge in [-0.05, 0) is 60.9 Å². The number of fused-ring (bicyclic) bond motifs is 1. The number of ether oxygens (including phenoxy) is 1. The van der Waals surface area contributed by atoms with E-state index in [1.165, 1.54) is 17.0 Å². The SMILES string of the molecule is COc1ccc2nc(SCc3nccc(SCCCc4ccc(F)cc4F)c3C)[nH]c2c1. The molecule has 2 heterocycles. The molecule has 0 saturated carbocycles. The smallest absolute Gasteiger partial charge is 0.166 e. The van der Waals surface area contributed by atoms with Gasteiger partial charge in [0.1, 0.15) is 17.4 Å². The molecule has 0 amide bonds. The molecule has 2 aromatic heterocycles. The van der Waals surface area contributed by atoms with Crippen molar-refractivity contribution in [2.24, 2.45) is 0 Å². The Morgan fingerprint density at radius 1 is 1.06 bits per heavy atom. The van der Waals surface area contributed by atoms with E-state index in [4.69, 9.17) is 4.74 Å². The molecular formula is C24H23F2N3OS2. The van der Waals surface area contributed by atoms with Gasteiger partial charge in [-0.1, -0.05) is 17.8 Å². The highest BCUT2D eigenvalue weighted by molar-refractivity contribution is 7.99. The number of aryl methyl sites for hydroxylation is 1. The first-order chi connectivity index (χ1) is 15.5. The Labute approximate surface area is 194 Å². The molecule has 4 aromatic rings. The van der Waals surface area contributed by atoms with Gasteiger partial charge in [0.2, 0.25) is 0 Å². The zero-order valence-corrected chi connectivity index (χ0v) is 19.5. The second-order valence-electron chi connectivity index (χ2n) is 7.28. The van der Waals surface area contributed by atoms with Crippen molar-refractivity contribution in [2.75, 3.05) is 12.9 Å². The number of aromatic nitrogens is 3. The summed E-state index contributed by atoms with van der Waals surface area (Å²) in [6, 6.07) is 11.6. The monoisotopic (exact) mass is 471 g/mol. The molecule has 0 atom stereocenters. The van der Waals surface area contributed by atoms with Gasteiger partial charge < -0.3 is 9.72 Å². The van der Waals surface area contributed by atoms with Crippen molar-refractivity contribution in [3.05, 3.63) is 77.1 Å². The standard InChI is InChI=1S/C24H23F2N3OS2/c1-15-22(14-32-24-28-20-8-7-18(30-2)13-21(20)29-24)27-10-9-23(15)31-11-3-4-16-5-6-17(25)12-19(16)26/h5-10,12-13H,3-4,11,14H2,1-2H3,(H,28,29). The highest BCUT2D eigenvalue weighted by Crippen LogP contribution is 2.29. The van der Waals surface area contributed by atoms with Crippen LogP contribution in [0.5, 0.6) is 5.75 Å². The molecule has 166 valence electrons. The van der Waals surface area contributed by atoms with Gasteiger partial charge in [-0.25, -0.2) is 13.8 Å². The molecule has 0 spiro atoms. The van der Waals surface area contributed by atoms with Gasteiger partial charge in [-0.2, -0.15) is 0 Å². The largest absolute Gasteiger partial charge is 0.497 e. The van der Waals surface area contributed by atoms with Gasteiger partial charge in [0, 0.05) is 29.0 Å². The van der Waals surface area contributed by atoms with Crippen LogP contribution < -0.4 is 4.74 Å². The van der Waals surface area contributed by atoms with Crippen molar-refractivity contribution in [3.63, 3.8) is 0 Å². The van der Waals surface area contributed by atoms with Crippen LogP contribution >= 0.6 is 23.5 Å². The average molecular weight is 472 g/mol. The van der Waals surface area contributed by atoms with Gasteiger partial charge in [0.25, 0.3) is 0 Å². The third kappa shape index (κ3) is 5.42. The van der Waals surface area contributed by atoms with Gasteiger partial charge in [0.15, 0.2) is 5.16 Å². The lowest BCUT2D eigenvalue weighted by atomic mass is 10.1. The van der Waals surface area contributed by atoms with E-state index in [9.17, 15) is 8.78 Å². The maximum absolute atomic E-state index is 13.8. The zero-order chi connectivity index (χ0) is 22.5. The van der Waals surface area contributed by atoms with E-state index in [-0.39, 0.29) is 0 Å². The fraction of sp³-hybridized carbons (Fsp3) is 0.250. The van der Waals surface area contributed by atoms with Gasteiger partial charge in [-0.15, -0.1) is 11.8 Å². The zero-order valence-electron chi connectivity index (χ0n) is 17.8. The summed E-state index contributed by atoms with van der Waals surface area (Å²) >= 11 is 3.35. The molecule has 1 N–H and O–H groups in total. The van der Waals surface area contributed by atoms with E-state index < -0.39 is 11.6 Å². The van der Waals surface area contributed by atoms with Crippen LogP contribution in [0.15, 0.2) is 58.7 Å². The van der Waals surface area contributed by atoms with Crippen LogP contribution in [0.3, 0.4) is 0 Å². The third-order valence-corrected chi connectivity index (χ3v) is 7.27. The number of hydrogen-bond acceptors (Lipinski definition) is 5. The minimum Gasteiger partial charge on any atom is -0.497 e. The topological polar surface area (TPSA) is 50.8 Å². The summed E-state index contributed by atoms with van der Waals surface area (Å²) in [4.78, 5) is 13.7. The van der Waals surface area contributed by atoms with Crippen molar-refractivity contribution in [3.8, 4) is 5.75 Å². The Bertz CT molecular complexity index is 1230. The minimum absolute atomic E-state index is 0.474. The van der Waals surface area contributed by atoms with Crippen molar-refractivity contribution < 1.29 is 13.5 Å². The number of pyridine rings is 1. The summed E-state index contributed by atoms with van der Waals surface area (Å²) in [6.07, 6.45) is 3.22. The van der Waals surface area contributed by atoms with Gasteiger partial charge >= 0.3 is 0 Å². The average Bonchev–Trinajstić information content (AvgIpc) is 3.20. The number of aromatic amines is 1. The van der Waals surface area contributed by atoms with Crippen LogP contribution in [0.4, 0.5) is 8.78 Å². The number of imidazole rings is 1. The van der Waals surface area contributed by atoms with Crippen LogP contribution in [0.25, 0.3) is 11.0 Å². The molecule has 32 heavy (non-hydrogen) atoms. The predicted molar refractivity (Wildman–Crippen MR) is 127 cm³/mol. The van der Waals surface area contributed by atoms with Crippen LogP contribution in [-0.4, -0.2) is 27.8 Å². The molecule has 0 aliphatic heterocycles. The molecule has 0 aliphatic rings. The second kappa shape index (κ2) is 10.4. The molecule has 0 saturated heterocycles. The molecule has 0 aliphatic carbocycles. The number of benzene rings is 2. The fourth-order valence-electron chi connectivity index (χ4n) is 3.33. The quantitative estimate of drug-likeness (QED) is 0.221. The highest BCUT2D eigenvalue weighted by Gasteiger charge is 2.10. The minimum atomic E-state index is -0.541. The molecule has 4 nitrogen and oxygen atoms in total. The van der Waals surface area contributed by atoms with Crippen molar-refractivity contribution in [2.45, 2.75) is 35.6 Å². The van der Waals surface area contributed by atoms with E-state index in [1.54, 1.807) is 30.6 Å². The number of rotatable bonds is 9. The molecule has 4 rings (SSSR count). The fourth-order valence-corrected chi connectivity index (χ4v) is 5.24. The van der Waals surface area contributed by atoms with E-state index in [1.807, 2.05) is 30.5 Å². The summed E-state index contributed by atoms with van der Waals surface area (Å²) in [7, 11) is 1.65. The van der Waals surface area contributed by atoms with Gasteiger partial charge in [-0.3, -0.25) is 4.98 Å².